The summed E-state index contributed by atoms with van der Waals surface area (Å²) in [5, 5.41) is 15.2. The molecule has 0 radical (unpaired) electrons. The maximum absolute atomic E-state index is 12.5. The number of hydrogen-bond donors (Lipinski definition) is 4. The number of rotatable bonds is 9. The molecule has 7 nitrogen and oxygen atoms in total. The topological polar surface area (TPSA) is 85.9 Å². The average Bonchev–Trinajstić information content (AvgIpc) is 2.63. The van der Waals surface area contributed by atoms with Crippen LogP contribution in [0.25, 0.3) is 0 Å². The molecule has 134 valence electrons. The van der Waals surface area contributed by atoms with Gasteiger partial charge in [0, 0.05) is 32.4 Å². The van der Waals surface area contributed by atoms with Gasteiger partial charge in [-0.05, 0) is 44.1 Å². The van der Waals surface area contributed by atoms with Crippen LogP contribution in [0, 0.1) is 0 Å². The lowest BCUT2D eigenvalue weighted by atomic mass is 10.1. The standard InChI is InChI=1S/C17H28N4O3/c1-24-12-8-18-16-6-5-14(20-23)13-15(16)17(22)19-7-11-21-9-3-2-4-10-21/h5-6,13,18,20,23H,2-4,7-12H2,1H3,(H,19,22). The van der Waals surface area contributed by atoms with Crippen LogP contribution in [0.1, 0.15) is 29.6 Å². The monoisotopic (exact) mass is 336 g/mol. The van der Waals surface area contributed by atoms with Crippen LogP contribution in [0.5, 0.6) is 0 Å². The van der Waals surface area contributed by atoms with Gasteiger partial charge >= 0.3 is 0 Å². The molecule has 1 aliphatic heterocycles. The van der Waals surface area contributed by atoms with E-state index in [1.54, 1.807) is 25.3 Å². The summed E-state index contributed by atoms with van der Waals surface area (Å²) in [5.74, 6) is -0.149. The molecule has 1 aromatic rings. The molecule has 7 heteroatoms. The lowest BCUT2D eigenvalue weighted by molar-refractivity contribution is 0.0947. The smallest absolute Gasteiger partial charge is 0.253 e. The van der Waals surface area contributed by atoms with Crippen molar-refractivity contribution in [2.75, 3.05) is 57.2 Å². The van der Waals surface area contributed by atoms with E-state index in [-0.39, 0.29) is 5.91 Å². The highest BCUT2D eigenvalue weighted by Gasteiger charge is 2.14. The molecule has 1 amide bonds. The van der Waals surface area contributed by atoms with Gasteiger partial charge in [-0.15, -0.1) is 0 Å². The fourth-order valence-corrected chi connectivity index (χ4v) is 2.85. The van der Waals surface area contributed by atoms with Crippen LogP contribution in [0.4, 0.5) is 11.4 Å². The van der Waals surface area contributed by atoms with Gasteiger partial charge in [-0.25, -0.2) is 0 Å². The minimum atomic E-state index is -0.149. The first-order chi connectivity index (χ1) is 11.7. The Kier molecular flexibility index (Phi) is 7.81. The summed E-state index contributed by atoms with van der Waals surface area (Å²) in [5.41, 5.74) is 3.79. The van der Waals surface area contributed by atoms with E-state index < -0.39 is 0 Å². The highest BCUT2D eigenvalue weighted by molar-refractivity contribution is 6.00. The largest absolute Gasteiger partial charge is 0.383 e. The molecule has 1 fully saturated rings. The van der Waals surface area contributed by atoms with Gasteiger partial charge in [0.15, 0.2) is 0 Å². The molecule has 0 atom stereocenters. The molecule has 0 unspecified atom stereocenters. The molecule has 0 spiro atoms. The second kappa shape index (κ2) is 10.1. The molecule has 4 N–H and O–H groups in total. The minimum Gasteiger partial charge on any atom is -0.383 e. The van der Waals surface area contributed by atoms with E-state index in [9.17, 15) is 4.79 Å². The summed E-state index contributed by atoms with van der Waals surface area (Å²) < 4.78 is 5.02. The lowest BCUT2D eigenvalue weighted by Crippen LogP contribution is -2.37. The molecule has 0 bridgehead atoms. The van der Waals surface area contributed by atoms with Crippen LogP contribution < -0.4 is 16.1 Å². The summed E-state index contributed by atoms with van der Waals surface area (Å²) in [4.78, 5) is 14.9. The number of methoxy groups -OCH3 is 1. The molecule has 1 saturated heterocycles. The molecule has 1 heterocycles. The van der Waals surface area contributed by atoms with E-state index in [4.69, 9.17) is 9.94 Å². The highest BCUT2D eigenvalue weighted by atomic mass is 16.5. The number of nitrogens with one attached hydrogen (secondary N) is 3. The van der Waals surface area contributed by atoms with E-state index in [2.05, 4.69) is 21.0 Å². The molecule has 2 rings (SSSR count). The summed E-state index contributed by atoms with van der Waals surface area (Å²) >= 11 is 0. The highest BCUT2D eigenvalue weighted by Crippen LogP contribution is 2.20. The first-order valence-electron chi connectivity index (χ1n) is 8.52. The minimum absolute atomic E-state index is 0.149. The van der Waals surface area contributed by atoms with Crippen molar-refractivity contribution in [3.05, 3.63) is 23.8 Å². The normalized spacial score (nSPS) is 15.1. The zero-order chi connectivity index (χ0) is 17.2. The summed E-state index contributed by atoms with van der Waals surface area (Å²) in [6.45, 7) is 4.88. The Balaban J connectivity index is 1.92. The van der Waals surface area contributed by atoms with Gasteiger partial charge in [0.25, 0.3) is 5.91 Å². The zero-order valence-electron chi connectivity index (χ0n) is 14.3. The number of nitrogens with zero attached hydrogens (tertiary/aromatic N) is 1. The van der Waals surface area contributed by atoms with Crippen molar-refractivity contribution in [3.63, 3.8) is 0 Å². The predicted molar refractivity (Wildman–Crippen MR) is 94.8 cm³/mol. The van der Waals surface area contributed by atoms with Gasteiger partial charge in [-0.2, -0.15) is 0 Å². The van der Waals surface area contributed by atoms with Crippen LogP contribution in [-0.2, 0) is 4.74 Å². The maximum Gasteiger partial charge on any atom is 0.253 e. The predicted octanol–water partition coefficient (Wildman–Crippen LogP) is 1.76. The van der Waals surface area contributed by atoms with Crippen LogP contribution in [0.2, 0.25) is 0 Å². The van der Waals surface area contributed by atoms with E-state index in [0.717, 1.165) is 25.3 Å². The van der Waals surface area contributed by atoms with Gasteiger partial charge in [-0.3, -0.25) is 15.5 Å². The van der Waals surface area contributed by atoms with Crippen LogP contribution >= 0.6 is 0 Å². The number of amides is 1. The van der Waals surface area contributed by atoms with E-state index >= 15 is 0 Å². The Morgan fingerprint density at radius 1 is 1.25 bits per heavy atom. The lowest BCUT2D eigenvalue weighted by Gasteiger charge is -2.26. The van der Waals surface area contributed by atoms with Crippen molar-refractivity contribution < 1.29 is 14.7 Å². The second-order valence-electron chi connectivity index (χ2n) is 5.95. The summed E-state index contributed by atoms with van der Waals surface area (Å²) in [7, 11) is 1.63. The van der Waals surface area contributed by atoms with Crippen molar-refractivity contribution in [2.45, 2.75) is 19.3 Å². The zero-order valence-corrected chi connectivity index (χ0v) is 14.3. The Hall–Kier alpha value is -1.83. The average molecular weight is 336 g/mol. The SMILES string of the molecule is COCCNc1ccc(NO)cc1C(=O)NCCN1CCCCC1. The first kappa shape index (κ1) is 18.5. The van der Waals surface area contributed by atoms with Crippen molar-refractivity contribution in [3.8, 4) is 0 Å². The summed E-state index contributed by atoms with van der Waals surface area (Å²) in [6, 6.07) is 5.11. The Labute approximate surface area is 143 Å². The molecule has 1 aliphatic rings. The van der Waals surface area contributed by atoms with Gasteiger partial charge < -0.3 is 20.3 Å². The van der Waals surface area contributed by atoms with Crippen molar-refractivity contribution in [2.24, 2.45) is 0 Å². The van der Waals surface area contributed by atoms with Crippen molar-refractivity contribution >= 4 is 17.3 Å². The van der Waals surface area contributed by atoms with Crippen molar-refractivity contribution in [1.29, 1.82) is 0 Å². The molecular formula is C17H28N4O3. The first-order valence-corrected chi connectivity index (χ1v) is 8.52. The molecule has 24 heavy (non-hydrogen) atoms. The van der Waals surface area contributed by atoms with Crippen LogP contribution in [-0.4, -0.2) is 62.5 Å². The fourth-order valence-electron chi connectivity index (χ4n) is 2.85. The van der Waals surface area contributed by atoms with Gasteiger partial charge in [-0.1, -0.05) is 6.42 Å². The van der Waals surface area contributed by atoms with E-state index in [1.807, 2.05) is 0 Å². The Morgan fingerprint density at radius 2 is 2.04 bits per heavy atom. The Bertz CT molecular complexity index is 519. The van der Waals surface area contributed by atoms with Crippen LogP contribution in [0.3, 0.4) is 0 Å². The van der Waals surface area contributed by atoms with Gasteiger partial charge in [0.05, 0.1) is 17.9 Å². The number of likely N-dealkylation sites (tertiary alicyclic amines) is 1. The quantitative estimate of drug-likeness (QED) is 0.406. The fraction of sp³-hybridized carbons (Fsp3) is 0.588. The molecule has 0 aromatic heterocycles. The van der Waals surface area contributed by atoms with E-state index in [0.29, 0.717) is 30.9 Å². The van der Waals surface area contributed by atoms with Crippen molar-refractivity contribution in [1.82, 2.24) is 10.2 Å². The number of anilines is 2. The Morgan fingerprint density at radius 3 is 2.75 bits per heavy atom. The molecule has 0 saturated carbocycles. The summed E-state index contributed by atoms with van der Waals surface area (Å²) in [6.07, 6.45) is 3.79. The third-order valence-electron chi connectivity index (χ3n) is 4.18. The molecule has 1 aromatic carbocycles. The molecular weight excluding hydrogens is 308 g/mol. The maximum atomic E-state index is 12.5. The van der Waals surface area contributed by atoms with E-state index in [1.165, 1.54) is 19.3 Å². The molecule has 0 aliphatic carbocycles. The number of ether oxygens (including phenoxy) is 1. The number of hydrogen-bond acceptors (Lipinski definition) is 6. The third-order valence-corrected chi connectivity index (χ3v) is 4.18. The number of benzene rings is 1. The van der Waals surface area contributed by atoms with Crippen LogP contribution in [0.15, 0.2) is 18.2 Å². The number of carbonyl (C=O) groups is 1. The van der Waals surface area contributed by atoms with Gasteiger partial charge in [0.1, 0.15) is 0 Å². The van der Waals surface area contributed by atoms with Gasteiger partial charge in [0.2, 0.25) is 0 Å². The number of carbonyl (C=O) groups excluding carboxylic acids is 1. The second-order valence-corrected chi connectivity index (χ2v) is 5.95. The third kappa shape index (κ3) is 5.67. The number of piperidine rings is 1.